The smallest absolute Gasteiger partial charge is 0.314 e. The molecule has 1 aliphatic heterocycles. The molecule has 1 aliphatic carbocycles. The molecule has 0 bridgehead atoms. The van der Waals surface area contributed by atoms with Gasteiger partial charge in [-0.2, -0.15) is 0 Å². The molecule has 0 atom stereocenters. The van der Waals surface area contributed by atoms with Crippen molar-refractivity contribution in [3.05, 3.63) is 65.0 Å². The summed E-state index contributed by atoms with van der Waals surface area (Å²) in [5.74, 6) is 0.852. The van der Waals surface area contributed by atoms with Crippen LogP contribution >= 0.6 is 0 Å². The van der Waals surface area contributed by atoms with Gasteiger partial charge in [-0.05, 0) is 44.0 Å². The van der Waals surface area contributed by atoms with E-state index in [4.69, 9.17) is 9.47 Å². The first kappa shape index (κ1) is 19.6. The Hall–Kier alpha value is -3.34. The van der Waals surface area contributed by atoms with Gasteiger partial charge in [-0.15, -0.1) is 0 Å². The van der Waals surface area contributed by atoms with E-state index in [1.165, 1.54) is 6.42 Å². The number of aryl methyl sites for hydroxylation is 1. The number of ether oxygens (including phenoxy) is 2. The first-order chi connectivity index (χ1) is 15.0. The molecule has 5 rings (SSSR count). The van der Waals surface area contributed by atoms with Crippen molar-refractivity contribution in [1.29, 1.82) is 0 Å². The van der Waals surface area contributed by atoms with Crippen LogP contribution < -0.4 is 9.47 Å². The zero-order valence-electron chi connectivity index (χ0n) is 17.8. The number of ketones is 1. The van der Waals surface area contributed by atoms with Gasteiger partial charge in [-0.1, -0.05) is 37.5 Å². The van der Waals surface area contributed by atoms with Crippen molar-refractivity contribution in [1.82, 2.24) is 4.57 Å². The number of carbonyl (C=O) groups excluding carboxylic acids is 2. The zero-order chi connectivity index (χ0) is 21.5. The highest BCUT2D eigenvalue weighted by atomic mass is 16.5. The average Bonchev–Trinajstić information content (AvgIpc) is 3.28. The van der Waals surface area contributed by atoms with Gasteiger partial charge in [0.15, 0.2) is 5.76 Å². The number of nitrogens with zero attached hydrogens (tertiary/aromatic N) is 1. The lowest BCUT2D eigenvalue weighted by Crippen LogP contribution is -2.23. The Morgan fingerprint density at radius 2 is 1.90 bits per heavy atom. The van der Waals surface area contributed by atoms with Crippen LogP contribution in [0.15, 0.2) is 48.4 Å². The van der Waals surface area contributed by atoms with Crippen LogP contribution in [-0.4, -0.2) is 16.3 Å². The summed E-state index contributed by atoms with van der Waals surface area (Å²) < 4.78 is 13.7. The number of para-hydroxylation sites is 1. The zero-order valence-corrected chi connectivity index (χ0v) is 17.8. The van der Waals surface area contributed by atoms with E-state index in [-0.39, 0.29) is 23.4 Å². The molecule has 2 heterocycles. The maximum atomic E-state index is 13.0. The number of hydrogen-bond acceptors (Lipinski definition) is 4. The van der Waals surface area contributed by atoms with Gasteiger partial charge in [0.1, 0.15) is 11.5 Å². The Morgan fingerprint density at radius 3 is 2.71 bits per heavy atom. The second kappa shape index (κ2) is 7.73. The van der Waals surface area contributed by atoms with Crippen molar-refractivity contribution >= 4 is 28.7 Å². The second-order valence-electron chi connectivity index (χ2n) is 8.47. The molecule has 0 saturated heterocycles. The number of allylic oxidation sites excluding steroid dienone is 1. The van der Waals surface area contributed by atoms with Crippen molar-refractivity contribution in [3.8, 4) is 11.5 Å². The first-order valence-electron chi connectivity index (χ1n) is 10.9. The standard InChI is InChI=1S/C26H25NO4/c1-16-22(31-26(29)17-8-4-3-5-9-17)13-12-20-24(28)23(30-25(16)20)14-18-15-27(2)21-11-7-6-10-19(18)21/h6-7,10-15,17H,3-5,8-9H2,1-2H3. The predicted molar refractivity (Wildman–Crippen MR) is 119 cm³/mol. The summed E-state index contributed by atoms with van der Waals surface area (Å²) in [4.78, 5) is 25.5. The molecule has 2 aromatic carbocycles. The SMILES string of the molecule is Cc1c(OC(=O)C2CCCCC2)ccc2c1OC(=Cc1cn(C)c3ccccc13)C2=O. The van der Waals surface area contributed by atoms with Crippen molar-refractivity contribution in [2.45, 2.75) is 39.0 Å². The van der Waals surface area contributed by atoms with E-state index in [1.54, 1.807) is 18.2 Å². The largest absolute Gasteiger partial charge is 0.452 e. The maximum Gasteiger partial charge on any atom is 0.314 e. The Bertz CT molecular complexity index is 1230. The number of esters is 1. The topological polar surface area (TPSA) is 57.5 Å². The van der Waals surface area contributed by atoms with Crippen LogP contribution in [0.2, 0.25) is 0 Å². The molecule has 31 heavy (non-hydrogen) atoms. The van der Waals surface area contributed by atoms with Gasteiger partial charge < -0.3 is 14.0 Å². The fourth-order valence-corrected chi connectivity index (χ4v) is 4.64. The van der Waals surface area contributed by atoms with Gasteiger partial charge in [0.25, 0.3) is 0 Å². The normalized spacial score (nSPS) is 17.7. The van der Waals surface area contributed by atoms with Gasteiger partial charge in [0.2, 0.25) is 5.78 Å². The molecule has 0 radical (unpaired) electrons. The van der Waals surface area contributed by atoms with Crippen LogP contribution in [0.4, 0.5) is 0 Å². The maximum absolute atomic E-state index is 13.0. The van der Waals surface area contributed by atoms with Crippen LogP contribution in [0.3, 0.4) is 0 Å². The van der Waals surface area contributed by atoms with Crippen molar-refractivity contribution in [2.24, 2.45) is 13.0 Å². The number of fused-ring (bicyclic) bond motifs is 2. The third-order valence-corrected chi connectivity index (χ3v) is 6.40. The van der Waals surface area contributed by atoms with E-state index in [0.717, 1.165) is 42.1 Å². The third kappa shape index (κ3) is 3.44. The molecule has 0 spiro atoms. The highest BCUT2D eigenvalue weighted by molar-refractivity contribution is 6.15. The third-order valence-electron chi connectivity index (χ3n) is 6.40. The quantitative estimate of drug-likeness (QED) is 0.318. The molecule has 5 nitrogen and oxygen atoms in total. The molecule has 1 aromatic heterocycles. The fourth-order valence-electron chi connectivity index (χ4n) is 4.64. The van der Waals surface area contributed by atoms with Crippen molar-refractivity contribution in [3.63, 3.8) is 0 Å². The Morgan fingerprint density at radius 1 is 1.13 bits per heavy atom. The molecule has 0 unspecified atom stereocenters. The molecule has 1 fully saturated rings. The van der Waals surface area contributed by atoms with Gasteiger partial charge in [-0.3, -0.25) is 9.59 Å². The van der Waals surface area contributed by atoms with Crippen LogP contribution in [0.1, 0.15) is 53.6 Å². The Balaban J connectivity index is 1.43. The van der Waals surface area contributed by atoms with E-state index in [0.29, 0.717) is 22.6 Å². The molecule has 5 heteroatoms. The molecular weight excluding hydrogens is 390 g/mol. The summed E-state index contributed by atoms with van der Waals surface area (Å²) in [7, 11) is 1.98. The van der Waals surface area contributed by atoms with E-state index >= 15 is 0 Å². The highest BCUT2D eigenvalue weighted by Gasteiger charge is 2.31. The molecule has 1 saturated carbocycles. The summed E-state index contributed by atoms with van der Waals surface area (Å²) in [6.07, 6.45) is 8.87. The van der Waals surface area contributed by atoms with Crippen molar-refractivity contribution in [2.75, 3.05) is 0 Å². The predicted octanol–water partition coefficient (Wildman–Crippen LogP) is 5.59. The summed E-state index contributed by atoms with van der Waals surface area (Å²) in [5.41, 5.74) is 3.19. The number of benzene rings is 2. The number of Topliss-reactive ketones (excluding diaryl/α,β-unsaturated/α-hetero) is 1. The molecule has 2 aliphatic rings. The summed E-state index contributed by atoms with van der Waals surface area (Å²) in [6.45, 7) is 1.83. The molecule has 158 valence electrons. The van der Waals surface area contributed by atoms with Gasteiger partial charge in [0.05, 0.1) is 11.5 Å². The monoisotopic (exact) mass is 415 g/mol. The van der Waals surface area contributed by atoms with Crippen LogP contribution in [0.25, 0.3) is 17.0 Å². The van der Waals surface area contributed by atoms with Gasteiger partial charge >= 0.3 is 5.97 Å². The number of hydrogen-bond donors (Lipinski definition) is 0. The Kier molecular flexibility index (Phi) is 4.89. The minimum atomic E-state index is -0.182. The van der Waals surface area contributed by atoms with Crippen LogP contribution in [-0.2, 0) is 11.8 Å². The first-order valence-corrected chi connectivity index (χ1v) is 10.9. The lowest BCUT2D eigenvalue weighted by molar-refractivity contribution is -0.140. The van der Waals surface area contributed by atoms with Crippen LogP contribution in [0.5, 0.6) is 11.5 Å². The average molecular weight is 415 g/mol. The number of carbonyl (C=O) groups is 2. The van der Waals surface area contributed by atoms with E-state index in [1.807, 2.05) is 49.0 Å². The highest BCUT2D eigenvalue weighted by Crippen LogP contribution is 2.40. The Labute approximate surface area is 181 Å². The molecule has 0 N–H and O–H groups in total. The van der Waals surface area contributed by atoms with Crippen molar-refractivity contribution < 1.29 is 19.1 Å². The van der Waals surface area contributed by atoms with E-state index in [9.17, 15) is 9.59 Å². The number of aromatic nitrogens is 1. The van der Waals surface area contributed by atoms with Gasteiger partial charge in [0, 0.05) is 35.3 Å². The minimum Gasteiger partial charge on any atom is -0.452 e. The minimum absolute atomic E-state index is 0.0363. The summed E-state index contributed by atoms with van der Waals surface area (Å²) in [5, 5.41) is 1.06. The fraction of sp³-hybridized carbons (Fsp3) is 0.308. The van der Waals surface area contributed by atoms with E-state index < -0.39 is 0 Å². The molecule has 3 aromatic rings. The molecule has 0 amide bonds. The summed E-state index contributed by atoms with van der Waals surface area (Å²) >= 11 is 0. The summed E-state index contributed by atoms with van der Waals surface area (Å²) in [6, 6.07) is 11.4. The van der Waals surface area contributed by atoms with Gasteiger partial charge in [-0.25, -0.2) is 0 Å². The lowest BCUT2D eigenvalue weighted by atomic mass is 9.89. The van der Waals surface area contributed by atoms with Crippen LogP contribution in [0, 0.1) is 12.8 Å². The number of rotatable bonds is 3. The lowest BCUT2D eigenvalue weighted by Gasteiger charge is -2.20. The second-order valence-corrected chi connectivity index (χ2v) is 8.47. The molecular formula is C26H25NO4. The van der Waals surface area contributed by atoms with E-state index in [2.05, 4.69) is 0 Å².